The number of amides is 2. The normalized spacial score (nSPS) is 11.7. The molecule has 0 bridgehead atoms. The van der Waals surface area contributed by atoms with Crippen molar-refractivity contribution in [2.45, 2.75) is 46.2 Å². The summed E-state index contributed by atoms with van der Waals surface area (Å²) >= 11 is 6.11. The zero-order valence-electron chi connectivity index (χ0n) is 19.3. The zero-order chi connectivity index (χ0) is 23.5. The highest BCUT2D eigenvalue weighted by molar-refractivity contribution is 6.30. The molecule has 0 radical (unpaired) electrons. The van der Waals surface area contributed by atoms with Crippen LogP contribution in [0.1, 0.15) is 39.2 Å². The molecular formula is C25H33ClN2O4. The van der Waals surface area contributed by atoms with Crippen molar-refractivity contribution in [1.82, 2.24) is 10.2 Å². The molecule has 1 N–H and O–H groups in total. The summed E-state index contributed by atoms with van der Waals surface area (Å²) in [6, 6.07) is 14.0. The fourth-order valence-electron chi connectivity index (χ4n) is 3.10. The molecule has 0 saturated carbocycles. The minimum Gasteiger partial charge on any atom is -0.497 e. The van der Waals surface area contributed by atoms with Gasteiger partial charge in [0.1, 0.15) is 17.5 Å². The lowest BCUT2D eigenvalue weighted by molar-refractivity contribution is -0.140. The summed E-state index contributed by atoms with van der Waals surface area (Å²) in [5, 5.41) is 3.52. The van der Waals surface area contributed by atoms with Crippen LogP contribution in [0, 0.1) is 5.92 Å². The minimum atomic E-state index is -0.595. The molecule has 0 saturated heterocycles. The van der Waals surface area contributed by atoms with Crippen molar-refractivity contribution in [3.8, 4) is 11.5 Å². The molecule has 6 nitrogen and oxygen atoms in total. The summed E-state index contributed by atoms with van der Waals surface area (Å²) in [4.78, 5) is 27.3. The SMILES string of the molecule is COc1ccc(OCCCC(=O)N(Cc2cccc(Cl)c2)[C@H](C)C(=O)NCC(C)C)cc1. The predicted octanol–water partition coefficient (Wildman–Crippen LogP) is 4.70. The molecule has 174 valence electrons. The summed E-state index contributed by atoms with van der Waals surface area (Å²) < 4.78 is 10.9. The summed E-state index contributed by atoms with van der Waals surface area (Å²) in [7, 11) is 1.61. The van der Waals surface area contributed by atoms with Gasteiger partial charge in [-0.2, -0.15) is 0 Å². The molecule has 2 amide bonds. The van der Waals surface area contributed by atoms with E-state index in [2.05, 4.69) is 5.32 Å². The van der Waals surface area contributed by atoms with E-state index in [-0.39, 0.29) is 18.2 Å². The second kappa shape index (κ2) is 13.0. The lowest BCUT2D eigenvalue weighted by atomic mass is 10.1. The van der Waals surface area contributed by atoms with E-state index in [0.717, 1.165) is 17.1 Å². The fourth-order valence-corrected chi connectivity index (χ4v) is 3.31. The predicted molar refractivity (Wildman–Crippen MR) is 127 cm³/mol. The molecule has 1 atom stereocenters. The average Bonchev–Trinajstić information content (AvgIpc) is 2.78. The first kappa shape index (κ1) is 25.5. The second-order valence-corrected chi connectivity index (χ2v) is 8.53. The topological polar surface area (TPSA) is 67.9 Å². The van der Waals surface area contributed by atoms with Gasteiger partial charge in [0.15, 0.2) is 0 Å². The monoisotopic (exact) mass is 460 g/mol. The van der Waals surface area contributed by atoms with E-state index in [9.17, 15) is 9.59 Å². The number of rotatable bonds is 12. The van der Waals surface area contributed by atoms with Gasteiger partial charge in [0.05, 0.1) is 13.7 Å². The third kappa shape index (κ3) is 8.42. The maximum atomic E-state index is 13.1. The highest BCUT2D eigenvalue weighted by atomic mass is 35.5. The first-order valence-corrected chi connectivity index (χ1v) is 11.3. The molecular weight excluding hydrogens is 428 g/mol. The van der Waals surface area contributed by atoms with Gasteiger partial charge >= 0.3 is 0 Å². The largest absolute Gasteiger partial charge is 0.497 e. The lowest BCUT2D eigenvalue weighted by Gasteiger charge is -2.29. The maximum absolute atomic E-state index is 13.1. The molecule has 2 aromatic carbocycles. The van der Waals surface area contributed by atoms with Crippen LogP contribution in [0.5, 0.6) is 11.5 Å². The third-order valence-corrected chi connectivity index (χ3v) is 5.19. The number of carbonyl (C=O) groups is 2. The van der Waals surface area contributed by atoms with Crippen molar-refractivity contribution in [2.24, 2.45) is 5.92 Å². The third-order valence-electron chi connectivity index (χ3n) is 4.96. The number of hydrogen-bond donors (Lipinski definition) is 1. The van der Waals surface area contributed by atoms with Crippen molar-refractivity contribution in [3.05, 3.63) is 59.1 Å². The molecule has 0 spiro atoms. The van der Waals surface area contributed by atoms with Crippen molar-refractivity contribution >= 4 is 23.4 Å². The second-order valence-electron chi connectivity index (χ2n) is 8.09. The van der Waals surface area contributed by atoms with Gasteiger partial charge in [0, 0.05) is 24.5 Å². The Morgan fingerprint density at radius 2 is 1.75 bits per heavy atom. The van der Waals surface area contributed by atoms with Crippen molar-refractivity contribution < 1.29 is 19.1 Å². The van der Waals surface area contributed by atoms with Crippen LogP contribution >= 0.6 is 11.6 Å². The van der Waals surface area contributed by atoms with Crippen LogP contribution in [0.4, 0.5) is 0 Å². The van der Waals surface area contributed by atoms with Gasteiger partial charge in [0.2, 0.25) is 11.8 Å². The lowest BCUT2D eigenvalue weighted by Crippen LogP contribution is -2.48. The molecule has 0 fully saturated rings. The van der Waals surface area contributed by atoms with Crippen LogP contribution in [-0.2, 0) is 16.1 Å². The highest BCUT2D eigenvalue weighted by Crippen LogP contribution is 2.18. The van der Waals surface area contributed by atoms with Gasteiger partial charge in [-0.15, -0.1) is 0 Å². The Morgan fingerprint density at radius 3 is 2.38 bits per heavy atom. The standard InChI is InChI=1S/C25H33ClN2O4/c1-18(2)16-27-25(30)19(3)28(17-20-7-5-8-21(26)15-20)24(29)9-6-14-32-23-12-10-22(31-4)11-13-23/h5,7-8,10-13,15,18-19H,6,9,14,16-17H2,1-4H3,(H,27,30)/t19-/m1/s1. The molecule has 0 aliphatic heterocycles. The van der Waals surface area contributed by atoms with E-state index >= 15 is 0 Å². The van der Waals surface area contributed by atoms with E-state index in [0.29, 0.717) is 37.1 Å². The molecule has 0 aliphatic carbocycles. The number of nitrogens with one attached hydrogen (secondary N) is 1. The van der Waals surface area contributed by atoms with Crippen LogP contribution in [-0.4, -0.2) is 43.0 Å². The summed E-state index contributed by atoms with van der Waals surface area (Å²) in [6.07, 6.45) is 0.815. The Labute approximate surface area is 195 Å². The van der Waals surface area contributed by atoms with Crippen LogP contribution in [0.2, 0.25) is 5.02 Å². The van der Waals surface area contributed by atoms with Gasteiger partial charge in [-0.25, -0.2) is 0 Å². The van der Waals surface area contributed by atoms with E-state index < -0.39 is 6.04 Å². The number of methoxy groups -OCH3 is 1. The molecule has 0 unspecified atom stereocenters. The quantitative estimate of drug-likeness (QED) is 0.466. The fraction of sp³-hybridized carbons (Fsp3) is 0.440. The van der Waals surface area contributed by atoms with Crippen LogP contribution in [0.15, 0.2) is 48.5 Å². The molecule has 0 aliphatic rings. The smallest absolute Gasteiger partial charge is 0.242 e. The minimum absolute atomic E-state index is 0.101. The number of carbonyl (C=O) groups excluding carboxylic acids is 2. The highest BCUT2D eigenvalue weighted by Gasteiger charge is 2.26. The van der Waals surface area contributed by atoms with Crippen molar-refractivity contribution in [1.29, 1.82) is 0 Å². The molecule has 0 heterocycles. The van der Waals surface area contributed by atoms with Gasteiger partial charge in [-0.3, -0.25) is 9.59 Å². The zero-order valence-corrected chi connectivity index (χ0v) is 20.0. The molecule has 2 aromatic rings. The van der Waals surface area contributed by atoms with Gasteiger partial charge < -0.3 is 19.7 Å². The van der Waals surface area contributed by atoms with E-state index in [1.54, 1.807) is 25.0 Å². The van der Waals surface area contributed by atoms with Gasteiger partial charge in [-0.05, 0) is 61.2 Å². The Bertz CT molecular complexity index is 871. The Hall–Kier alpha value is -2.73. The van der Waals surface area contributed by atoms with Crippen LogP contribution in [0.3, 0.4) is 0 Å². The number of ether oxygens (including phenoxy) is 2. The molecule has 0 aromatic heterocycles. The molecule has 7 heteroatoms. The van der Waals surface area contributed by atoms with E-state index in [1.165, 1.54) is 0 Å². The van der Waals surface area contributed by atoms with Gasteiger partial charge in [0.25, 0.3) is 0 Å². The maximum Gasteiger partial charge on any atom is 0.242 e. The first-order chi connectivity index (χ1) is 15.3. The van der Waals surface area contributed by atoms with E-state index in [1.807, 2.05) is 56.3 Å². The summed E-state index contributed by atoms with van der Waals surface area (Å²) in [5.41, 5.74) is 0.879. The van der Waals surface area contributed by atoms with Crippen LogP contribution < -0.4 is 14.8 Å². The van der Waals surface area contributed by atoms with Crippen molar-refractivity contribution in [2.75, 3.05) is 20.3 Å². The van der Waals surface area contributed by atoms with E-state index in [4.69, 9.17) is 21.1 Å². The number of nitrogens with zero attached hydrogens (tertiary/aromatic N) is 1. The Balaban J connectivity index is 1.97. The average molecular weight is 461 g/mol. The number of halogens is 1. The van der Waals surface area contributed by atoms with Crippen molar-refractivity contribution in [3.63, 3.8) is 0 Å². The molecule has 32 heavy (non-hydrogen) atoms. The molecule has 2 rings (SSSR count). The number of hydrogen-bond acceptors (Lipinski definition) is 4. The summed E-state index contributed by atoms with van der Waals surface area (Å²) in [5.74, 6) is 1.54. The Morgan fingerprint density at radius 1 is 1.06 bits per heavy atom. The number of benzene rings is 2. The van der Waals surface area contributed by atoms with Crippen LogP contribution in [0.25, 0.3) is 0 Å². The first-order valence-electron chi connectivity index (χ1n) is 10.9. The Kier molecular flexibility index (Phi) is 10.3. The van der Waals surface area contributed by atoms with Gasteiger partial charge in [-0.1, -0.05) is 37.6 Å². The summed E-state index contributed by atoms with van der Waals surface area (Å²) in [6.45, 7) is 7.10.